The van der Waals surface area contributed by atoms with Crippen molar-refractivity contribution >= 4 is 23.2 Å². The fourth-order valence-corrected chi connectivity index (χ4v) is 2.72. The van der Waals surface area contributed by atoms with Crippen molar-refractivity contribution in [2.75, 3.05) is 13.2 Å². The number of amides is 1. The smallest absolute Gasteiger partial charge is 0.367 e. The Morgan fingerprint density at radius 2 is 2.45 bits per heavy atom. The van der Waals surface area contributed by atoms with Gasteiger partial charge in [0.2, 0.25) is 5.01 Å². The third-order valence-corrected chi connectivity index (χ3v) is 3.89. The molecule has 0 aliphatic carbocycles. The van der Waals surface area contributed by atoms with Gasteiger partial charge >= 0.3 is 5.97 Å². The van der Waals surface area contributed by atoms with Crippen LogP contribution < -0.4 is 5.32 Å². The zero-order chi connectivity index (χ0) is 14.5. The Morgan fingerprint density at radius 3 is 3.10 bits per heavy atom. The van der Waals surface area contributed by atoms with Crippen LogP contribution in [0.2, 0.25) is 0 Å². The number of rotatable bonds is 5. The highest BCUT2D eigenvalue weighted by Crippen LogP contribution is 2.16. The number of ether oxygens (including phenoxy) is 2. The van der Waals surface area contributed by atoms with Gasteiger partial charge in [0.15, 0.2) is 0 Å². The normalized spacial score (nSPS) is 19.6. The lowest BCUT2D eigenvalue weighted by Crippen LogP contribution is -2.41. The lowest BCUT2D eigenvalue weighted by atomic mass is 10.1. The van der Waals surface area contributed by atoms with Crippen molar-refractivity contribution in [3.05, 3.63) is 16.1 Å². The second-order valence-electron chi connectivity index (χ2n) is 4.57. The van der Waals surface area contributed by atoms with E-state index in [0.29, 0.717) is 0 Å². The zero-order valence-corrected chi connectivity index (χ0v) is 12.4. The molecule has 2 unspecified atom stereocenters. The van der Waals surface area contributed by atoms with Gasteiger partial charge in [0.1, 0.15) is 5.69 Å². The van der Waals surface area contributed by atoms with Crippen molar-refractivity contribution in [2.24, 2.45) is 0 Å². The molecule has 1 aromatic heterocycles. The van der Waals surface area contributed by atoms with E-state index < -0.39 is 5.97 Å². The van der Waals surface area contributed by atoms with Crippen molar-refractivity contribution in [1.29, 1.82) is 0 Å². The van der Waals surface area contributed by atoms with Crippen LogP contribution in [0, 0.1) is 0 Å². The predicted molar refractivity (Wildman–Crippen MR) is 74.0 cm³/mol. The number of nitrogens with one attached hydrogen (secondary N) is 1. The molecule has 2 rings (SSSR count). The molecule has 7 heteroatoms. The molecule has 0 spiro atoms. The quantitative estimate of drug-likeness (QED) is 0.836. The lowest BCUT2D eigenvalue weighted by molar-refractivity contribution is 0.0526. The number of esters is 1. The van der Waals surface area contributed by atoms with E-state index in [4.69, 9.17) is 9.47 Å². The van der Waals surface area contributed by atoms with Crippen molar-refractivity contribution in [2.45, 2.75) is 38.8 Å². The van der Waals surface area contributed by atoms with Gasteiger partial charge in [0.25, 0.3) is 5.91 Å². The van der Waals surface area contributed by atoms with Crippen molar-refractivity contribution in [3.63, 3.8) is 0 Å². The summed E-state index contributed by atoms with van der Waals surface area (Å²) < 4.78 is 10.4. The molecule has 2 heterocycles. The molecule has 2 atom stereocenters. The van der Waals surface area contributed by atoms with E-state index in [1.54, 1.807) is 12.3 Å². The number of carbonyl (C=O) groups excluding carboxylic acids is 2. The topological polar surface area (TPSA) is 77.5 Å². The first-order valence-electron chi connectivity index (χ1n) is 6.67. The highest BCUT2D eigenvalue weighted by Gasteiger charge is 2.25. The van der Waals surface area contributed by atoms with Crippen LogP contribution in [0.4, 0.5) is 0 Å². The summed E-state index contributed by atoms with van der Waals surface area (Å²) in [5, 5.41) is 4.61. The van der Waals surface area contributed by atoms with Crippen LogP contribution in [0.3, 0.4) is 0 Å². The Labute approximate surface area is 121 Å². The van der Waals surface area contributed by atoms with Crippen LogP contribution in [0.15, 0.2) is 5.38 Å². The first kappa shape index (κ1) is 14.9. The summed E-state index contributed by atoms with van der Waals surface area (Å²) in [4.78, 5) is 27.5. The number of aromatic nitrogens is 1. The van der Waals surface area contributed by atoms with Crippen LogP contribution in [-0.4, -0.2) is 42.2 Å². The van der Waals surface area contributed by atoms with Crippen LogP contribution in [0.5, 0.6) is 0 Å². The van der Waals surface area contributed by atoms with Crippen LogP contribution in [0.25, 0.3) is 0 Å². The molecule has 0 radical (unpaired) electrons. The molecule has 1 saturated heterocycles. The minimum absolute atomic E-state index is 0.0575. The number of nitrogens with zero attached hydrogens (tertiary/aromatic N) is 1. The molecular formula is C13H18N2O4S. The van der Waals surface area contributed by atoms with Crippen molar-refractivity contribution in [1.82, 2.24) is 10.3 Å². The monoisotopic (exact) mass is 298 g/mol. The Morgan fingerprint density at radius 1 is 1.65 bits per heavy atom. The average Bonchev–Trinajstić information content (AvgIpc) is 3.10. The molecule has 1 fully saturated rings. The second kappa shape index (κ2) is 6.81. The maximum atomic E-state index is 12.0. The van der Waals surface area contributed by atoms with Crippen molar-refractivity contribution < 1.29 is 19.1 Å². The lowest BCUT2D eigenvalue weighted by Gasteiger charge is -2.19. The van der Waals surface area contributed by atoms with E-state index in [9.17, 15) is 9.59 Å². The minimum atomic E-state index is -0.497. The molecule has 1 aromatic rings. The molecule has 0 bridgehead atoms. The molecular weight excluding hydrogens is 280 g/mol. The van der Waals surface area contributed by atoms with Gasteiger partial charge < -0.3 is 14.8 Å². The van der Waals surface area contributed by atoms with Gasteiger partial charge in [0.05, 0.1) is 18.8 Å². The van der Waals surface area contributed by atoms with Gasteiger partial charge in [-0.2, -0.15) is 0 Å². The molecule has 6 nitrogen and oxygen atoms in total. The maximum absolute atomic E-state index is 12.0. The van der Waals surface area contributed by atoms with E-state index in [2.05, 4.69) is 10.3 Å². The largest absolute Gasteiger partial charge is 0.461 e. The Hall–Kier alpha value is -1.47. The zero-order valence-electron chi connectivity index (χ0n) is 11.5. The SMILES string of the molecule is CCOC(=O)c1nc(C(=O)NC(C)C2CCCO2)cs1. The average molecular weight is 298 g/mol. The third-order valence-electron chi connectivity index (χ3n) is 3.07. The van der Waals surface area contributed by atoms with E-state index in [1.807, 2.05) is 6.92 Å². The van der Waals surface area contributed by atoms with E-state index >= 15 is 0 Å². The minimum Gasteiger partial charge on any atom is -0.461 e. The molecule has 1 N–H and O–H groups in total. The highest BCUT2D eigenvalue weighted by atomic mass is 32.1. The van der Waals surface area contributed by atoms with Gasteiger partial charge in [-0.05, 0) is 26.7 Å². The van der Waals surface area contributed by atoms with Gasteiger partial charge in [0, 0.05) is 12.0 Å². The number of carbonyl (C=O) groups is 2. The summed E-state index contributed by atoms with van der Waals surface area (Å²) >= 11 is 1.11. The fraction of sp³-hybridized carbons (Fsp3) is 0.615. The van der Waals surface area contributed by atoms with Crippen LogP contribution in [0.1, 0.15) is 47.0 Å². The predicted octanol–water partition coefficient (Wildman–Crippen LogP) is 1.62. The van der Waals surface area contributed by atoms with Crippen LogP contribution in [-0.2, 0) is 9.47 Å². The first-order valence-corrected chi connectivity index (χ1v) is 7.55. The van der Waals surface area contributed by atoms with E-state index in [1.165, 1.54) is 0 Å². The second-order valence-corrected chi connectivity index (χ2v) is 5.43. The Balaban J connectivity index is 1.93. The summed E-state index contributed by atoms with van der Waals surface area (Å²) in [6.07, 6.45) is 2.03. The number of thiazole rings is 1. The van der Waals surface area contributed by atoms with E-state index in [0.717, 1.165) is 30.8 Å². The fourth-order valence-electron chi connectivity index (χ4n) is 2.04. The molecule has 1 aliphatic heterocycles. The summed E-state index contributed by atoms with van der Waals surface area (Å²) in [7, 11) is 0. The standard InChI is InChI=1S/C13H18N2O4S/c1-3-18-13(17)12-15-9(7-20-12)11(16)14-8(2)10-5-4-6-19-10/h7-8,10H,3-6H2,1-2H3,(H,14,16). The Kier molecular flexibility index (Phi) is 5.08. The maximum Gasteiger partial charge on any atom is 0.367 e. The number of hydrogen-bond donors (Lipinski definition) is 1. The summed E-state index contributed by atoms with van der Waals surface area (Å²) in [6.45, 7) is 4.67. The molecule has 110 valence electrons. The first-order chi connectivity index (χ1) is 9.61. The summed E-state index contributed by atoms with van der Waals surface area (Å²) in [5.41, 5.74) is 0.239. The summed E-state index contributed by atoms with van der Waals surface area (Å²) in [6, 6.07) is -0.0715. The van der Waals surface area contributed by atoms with E-state index in [-0.39, 0.29) is 35.4 Å². The van der Waals surface area contributed by atoms with Crippen molar-refractivity contribution in [3.8, 4) is 0 Å². The molecule has 0 aromatic carbocycles. The molecule has 20 heavy (non-hydrogen) atoms. The highest BCUT2D eigenvalue weighted by molar-refractivity contribution is 7.11. The third kappa shape index (κ3) is 3.55. The Bertz CT molecular complexity index is 482. The number of hydrogen-bond acceptors (Lipinski definition) is 6. The van der Waals surface area contributed by atoms with Gasteiger partial charge in [-0.25, -0.2) is 9.78 Å². The summed E-state index contributed by atoms with van der Waals surface area (Å²) in [5.74, 6) is -0.788. The molecule has 1 amide bonds. The molecule has 1 aliphatic rings. The van der Waals surface area contributed by atoms with Gasteiger partial charge in [-0.1, -0.05) is 0 Å². The van der Waals surface area contributed by atoms with Gasteiger partial charge in [-0.15, -0.1) is 11.3 Å². The van der Waals surface area contributed by atoms with Gasteiger partial charge in [-0.3, -0.25) is 4.79 Å². The molecule has 0 saturated carbocycles. The van der Waals surface area contributed by atoms with Crippen LogP contribution >= 0.6 is 11.3 Å².